The number of ether oxygens (including phenoxy) is 2. The Morgan fingerprint density at radius 3 is 2.48 bits per heavy atom. The molecule has 2 aromatic rings. The third kappa shape index (κ3) is 3.90. The van der Waals surface area contributed by atoms with Gasteiger partial charge in [-0.1, -0.05) is 29.3 Å². The summed E-state index contributed by atoms with van der Waals surface area (Å²) < 4.78 is 11.1. The summed E-state index contributed by atoms with van der Waals surface area (Å²) in [6, 6.07) is 11.6. The molecule has 1 atom stereocenters. The summed E-state index contributed by atoms with van der Waals surface area (Å²) in [4.78, 5) is 0. The molecule has 0 heterocycles. The Kier molecular flexibility index (Phi) is 5.10. The van der Waals surface area contributed by atoms with Crippen molar-refractivity contribution in [2.24, 2.45) is 5.73 Å². The largest absolute Gasteiger partial charge is 0.496 e. The van der Waals surface area contributed by atoms with Crippen molar-refractivity contribution in [3.8, 4) is 11.5 Å². The zero-order valence-corrected chi connectivity index (χ0v) is 13.3. The molecule has 0 radical (unpaired) electrons. The number of aryl methyl sites for hydroxylation is 1. The zero-order chi connectivity index (χ0) is 15.4. The Labute approximate surface area is 130 Å². The Hall–Kier alpha value is -1.71. The van der Waals surface area contributed by atoms with E-state index in [9.17, 15) is 0 Å². The maximum absolute atomic E-state index is 6.23. The van der Waals surface area contributed by atoms with E-state index in [2.05, 4.69) is 0 Å². The van der Waals surface area contributed by atoms with Crippen LogP contribution in [0.3, 0.4) is 0 Å². The lowest BCUT2D eigenvalue weighted by Crippen LogP contribution is -2.05. The van der Waals surface area contributed by atoms with E-state index in [0.29, 0.717) is 17.4 Å². The smallest absolute Gasteiger partial charge is 0.138 e. The lowest BCUT2D eigenvalue weighted by molar-refractivity contribution is 0.296. The highest BCUT2D eigenvalue weighted by atomic mass is 35.5. The van der Waals surface area contributed by atoms with Crippen molar-refractivity contribution < 1.29 is 9.47 Å². The van der Waals surface area contributed by atoms with Crippen LogP contribution >= 0.6 is 11.6 Å². The van der Waals surface area contributed by atoms with E-state index in [1.807, 2.05) is 50.2 Å². The van der Waals surface area contributed by atoms with Gasteiger partial charge in [-0.05, 0) is 43.7 Å². The summed E-state index contributed by atoms with van der Waals surface area (Å²) in [5.41, 5.74) is 8.97. The van der Waals surface area contributed by atoms with E-state index in [-0.39, 0.29) is 6.04 Å². The van der Waals surface area contributed by atoms with Gasteiger partial charge in [-0.15, -0.1) is 0 Å². The van der Waals surface area contributed by atoms with Crippen LogP contribution in [0.25, 0.3) is 0 Å². The molecule has 0 aliphatic rings. The number of rotatable bonds is 5. The maximum atomic E-state index is 6.23. The molecule has 0 aromatic heterocycles. The van der Waals surface area contributed by atoms with Crippen molar-refractivity contribution in [3.63, 3.8) is 0 Å². The van der Waals surface area contributed by atoms with Crippen molar-refractivity contribution >= 4 is 11.6 Å². The zero-order valence-electron chi connectivity index (χ0n) is 12.5. The quantitative estimate of drug-likeness (QED) is 0.898. The highest BCUT2D eigenvalue weighted by molar-refractivity contribution is 6.32. The number of halogens is 1. The highest BCUT2D eigenvalue weighted by Gasteiger charge is 2.08. The van der Waals surface area contributed by atoms with Gasteiger partial charge in [0.15, 0.2) is 0 Å². The van der Waals surface area contributed by atoms with E-state index in [1.165, 1.54) is 0 Å². The molecule has 112 valence electrons. The molecule has 0 bridgehead atoms. The summed E-state index contributed by atoms with van der Waals surface area (Å²) in [6.45, 7) is 4.36. The Bertz CT molecular complexity index is 626. The van der Waals surface area contributed by atoms with E-state index in [1.54, 1.807) is 7.11 Å². The first kappa shape index (κ1) is 15.7. The minimum atomic E-state index is -0.0478. The molecule has 0 spiro atoms. The molecule has 4 heteroatoms. The summed E-state index contributed by atoms with van der Waals surface area (Å²) in [6.07, 6.45) is 0. The minimum Gasteiger partial charge on any atom is -0.496 e. The highest BCUT2D eigenvalue weighted by Crippen LogP contribution is 2.29. The normalized spacial score (nSPS) is 12.0. The van der Waals surface area contributed by atoms with E-state index < -0.39 is 0 Å². The van der Waals surface area contributed by atoms with Crippen LogP contribution in [0, 0.1) is 6.92 Å². The molecule has 3 nitrogen and oxygen atoms in total. The lowest BCUT2D eigenvalue weighted by Gasteiger charge is -2.13. The van der Waals surface area contributed by atoms with Crippen LogP contribution in [0.4, 0.5) is 0 Å². The molecule has 2 N–H and O–H groups in total. The van der Waals surface area contributed by atoms with Gasteiger partial charge in [0.1, 0.15) is 18.1 Å². The molecular weight excluding hydrogens is 286 g/mol. The van der Waals surface area contributed by atoms with Crippen LogP contribution in [0.2, 0.25) is 5.02 Å². The van der Waals surface area contributed by atoms with E-state index >= 15 is 0 Å². The fourth-order valence-corrected chi connectivity index (χ4v) is 2.34. The first-order chi connectivity index (χ1) is 10.0. The molecule has 0 saturated carbocycles. The Morgan fingerprint density at radius 2 is 1.86 bits per heavy atom. The number of methoxy groups -OCH3 is 1. The molecule has 2 rings (SSSR count). The molecular formula is C17H20ClNO2. The topological polar surface area (TPSA) is 44.5 Å². The number of hydrogen-bond acceptors (Lipinski definition) is 3. The van der Waals surface area contributed by atoms with E-state index in [0.717, 1.165) is 22.4 Å². The van der Waals surface area contributed by atoms with Gasteiger partial charge in [-0.3, -0.25) is 0 Å². The Morgan fingerprint density at radius 1 is 1.14 bits per heavy atom. The van der Waals surface area contributed by atoms with Gasteiger partial charge in [0, 0.05) is 11.6 Å². The fraction of sp³-hybridized carbons (Fsp3) is 0.294. The molecule has 2 aromatic carbocycles. The van der Waals surface area contributed by atoms with Crippen LogP contribution in [0.5, 0.6) is 11.5 Å². The monoisotopic (exact) mass is 305 g/mol. The summed E-state index contributed by atoms with van der Waals surface area (Å²) in [7, 11) is 1.65. The fourth-order valence-electron chi connectivity index (χ4n) is 2.09. The average Bonchev–Trinajstić information content (AvgIpc) is 2.46. The van der Waals surface area contributed by atoms with Crippen molar-refractivity contribution in [3.05, 3.63) is 58.1 Å². The molecule has 0 aliphatic carbocycles. The number of benzene rings is 2. The first-order valence-corrected chi connectivity index (χ1v) is 7.20. The minimum absolute atomic E-state index is 0.0478. The summed E-state index contributed by atoms with van der Waals surface area (Å²) >= 11 is 6.23. The second-order valence-corrected chi connectivity index (χ2v) is 5.49. The van der Waals surface area contributed by atoms with Crippen molar-refractivity contribution in [2.45, 2.75) is 26.5 Å². The molecule has 0 fully saturated rings. The van der Waals surface area contributed by atoms with Gasteiger partial charge in [0.05, 0.1) is 12.1 Å². The maximum Gasteiger partial charge on any atom is 0.138 e. The third-order valence-corrected chi connectivity index (χ3v) is 3.60. The van der Waals surface area contributed by atoms with Gasteiger partial charge in [0.2, 0.25) is 0 Å². The second kappa shape index (κ2) is 6.83. The summed E-state index contributed by atoms with van der Waals surface area (Å²) in [5.74, 6) is 1.45. The Balaban J connectivity index is 2.15. The molecule has 0 amide bonds. The number of nitrogens with two attached hydrogens (primary N) is 1. The van der Waals surface area contributed by atoms with Crippen LogP contribution in [-0.4, -0.2) is 7.11 Å². The van der Waals surface area contributed by atoms with Crippen molar-refractivity contribution in [1.82, 2.24) is 0 Å². The predicted octanol–water partition coefficient (Wildman–Crippen LogP) is 4.26. The standard InChI is InChI=1S/C17H20ClNO2/c1-11-4-6-16(20-3)14(8-11)10-21-17-7-5-13(12(2)19)9-15(17)18/h4-9,12H,10,19H2,1-3H3. The van der Waals surface area contributed by atoms with Gasteiger partial charge >= 0.3 is 0 Å². The van der Waals surface area contributed by atoms with Crippen LogP contribution < -0.4 is 15.2 Å². The van der Waals surface area contributed by atoms with Gasteiger partial charge in [0.25, 0.3) is 0 Å². The SMILES string of the molecule is COc1ccc(C)cc1COc1ccc(C(C)N)cc1Cl. The van der Waals surface area contributed by atoms with Gasteiger partial charge < -0.3 is 15.2 Å². The van der Waals surface area contributed by atoms with E-state index in [4.69, 9.17) is 26.8 Å². The van der Waals surface area contributed by atoms with Crippen LogP contribution in [0.15, 0.2) is 36.4 Å². The van der Waals surface area contributed by atoms with Crippen LogP contribution in [0.1, 0.15) is 29.7 Å². The third-order valence-electron chi connectivity index (χ3n) is 3.30. The van der Waals surface area contributed by atoms with Crippen molar-refractivity contribution in [2.75, 3.05) is 7.11 Å². The predicted molar refractivity (Wildman–Crippen MR) is 86.1 cm³/mol. The first-order valence-electron chi connectivity index (χ1n) is 6.82. The van der Waals surface area contributed by atoms with Crippen LogP contribution in [-0.2, 0) is 6.61 Å². The van der Waals surface area contributed by atoms with Gasteiger partial charge in [-0.25, -0.2) is 0 Å². The molecule has 0 aliphatic heterocycles. The second-order valence-electron chi connectivity index (χ2n) is 5.08. The lowest BCUT2D eigenvalue weighted by atomic mass is 10.1. The van der Waals surface area contributed by atoms with Crippen molar-refractivity contribution in [1.29, 1.82) is 0 Å². The molecule has 21 heavy (non-hydrogen) atoms. The number of hydrogen-bond donors (Lipinski definition) is 1. The van der Waals surface area contributed by atoms with Gasteiger partial charge in [-0.2, -0.15) is 0 Å². The average molecular weight is 306 g/mol. The molecule has 0 saturated heterocycles. The summed E-state index contributed by atoms with van der Waals surface area (Å²) in [5, 5.41) is 0.566. The molecule has 1 unspecified atom stereocenters.